The minimum atomic E-state index is -1.28. The number of aromatic hydroxyl groups is 2. The van der Waals surface area contributed by atoms with Gasteiger partial charge in [-0.2, -0.15) is 0 Å². The summed E-state index contributed by atoms with van der Waals surface area (Å²) in [6.45, 7) is 1.44. The molecule has 0 spiro atoms. The van der Waals surface area contributed by atoms with Crippen LogP contribution in [0.2, 0.25) is 0 Å². The molecule has 1 atom stereocenters. The van der Waals surface area contributed by atoms with Gasteiger partial charge >= 0.3 is 5.97 Å². The average Bonchev–Trinajstić information content (AvgIpc) is 2.20. The normalized spacial score (nSPS) is 14.4. The number of carboxylic acids is 1. The highest BCUT2D eigenvalue weighted by Gasteiger charge is 2.27. The van der Waals surface area contributed by atoms with Crippen LogP contribution in [0.25, 0.3) is 0 Å². The number of aryl methyl sites for hydroxylation is 1. The Bertz CT molecular complexity index is 401. The van der Waals surface area contributed by atoms with Crippen LogP contribution >= 0.6 is 0 Å². The molecule has 0 fully saturated rings. The zero-order valence-electron chi connectivity index (χ0n) is 8.97. The summed E-state index contributed by atoms with van der Waals surface area (Å²) in [5.41, 5.74) is 5.01. The van der Waals surface area contributed by atoms with Crippen LogP contribution < -0.4 is 5.73 Å². The molecular formula is C11H15NO4. The van der Waals surface area contributed by atoms with Crippen LogP contribution in [-0.2, 0) is 11.2 Å². The van der Waals surface area contributed by atoms with E-state index in [1.54, 1.807) is 6.07 Å². The lowest BCUT2D eigenvalue weighted by atomic mass is 9.94. The molecule has 0 aliphatic heterocycles. The first kappa shape index (κ1) is 12.3. The van der Waals surface area contributed by atoms with Gasteiger partial charge in [-0.15, -0.1) is 0 Å². The molecule has 0 saturated heterocycles. The summed E-state index contributed by atoms with van der Waals surface area (Å²) in [5.74, 6) is -1.47. The molecule has 5 nitrogen and oxygen atoms in total. The van der Waals surface area contributed by atoms with E-state index in [1.807, 2.05) is 0 Å². The van der Waals surface area contributed by atoms with E-state index in [4.69, 9.17) is 15.9 Å². The van der Waals surface area contributed by atoms with E-state index in [1.165, 1.54) is 19.1 Å². The lowest BCUT2D eigenvalue weighted by Crippen LogP contribution is -2.45. The fraction of sp³-hybridized carbons (Fsp3) is 0.364. The molecule has 5 N–H and O–H groups in total. The molecule has 0 aliphatic rings. The van der Waals surface area contributed by atoms with E-state index in [0.29, 0.717) is 6.42 Å². The van der Waals surface area contributed by atoms with Crippen molar-refractivity contribution in [3.8, 4) is 11.5 Å². The number of benzene rings is 1. The van der Waals surface area contributed by atoms with Crippen LogP contribution in [0.15, 0.2) is 18.2 Å². The van der Waals surface area contributed by atoms with Crippen molar-refractivity contribution in [1.29, 1.82) is 0 Å². The van der Waals surface area contributed by atoms with Crippen molar-refractivity contribution in [3.05, 3.63) is 23.8 Å². The van der Waals surface area contributed by atoms with Gasteiger partial charge < -0.3 is 21.1 Å². The second-order valence-electron chi connectivity index (χ2n) is 4.05. The molecule has 0 aliphatic carbocycles. The fourth-order valence-electron chi connectivity index (χ4n) is 1.24. The van der Waals surface area contributed by atoms with Gasteiger partial charge in [0.25, 0.3) is 0 Å². The van der Waals surface area contributed by atoms with Crippen molar-refractivity contribution >= 4 is 5.97 Å². The number of aliphatic carboxylic acids is 1. The van der Waals surface area contributed by atoms with E-state index in [-0.39, 0.29) is 17.9 Å². The molecule has 0 saturated carbocycles. The van der Waals surface area contributed by atoms with E-state index in [2.05, 4.69) is 0 Å². The number of carbonyl (C=O) groups is 1. The largest absolute Gasteiger partial charge is 0.504 e. The maximum Gasteiger partial charge on any atom is 0.323 e. The van der Waals surface area contributed by atoms with Crippen molar-refractivity contribution in [2.24, 2.45) is 5.73 Å². The summed E-state index contributed by atoms with van der Waals surface area (Å²) in [4.78, 5) is 10.7. The second kappa shape index (κ2) is 4.40. The third-order valence-corrected chi connectivity index (χ3v) is 2.46. The summed E-state index contributed by atoms with van der Waals surface area (Å²) in [6, 6.07) is 4.37. The Hall–Kier alpha value is -1.75. The predicted octanol–water partition coefficient (Wildman–Crippen LogP) is 0.832. The maximum absolute atomic E-state index is 10.7. The van der Waals surface area contributed by atoms with Gasteiger partial charge in [-0.05, 0) is 37.5 Å². The summed E-state index contributed by atoms with van der Waals surface area (Å²) >= 11 is 0. The second-order valence-corrected chi connectivity index (χ2v) is 4.05. The average molecular weight is 225 g/mol. The van der Waals surface area contributed by atoms with E-state index < -0.39 is 11.5 Å². The minimum absolute atomic E-state index is 0.197. The van der Waals surface area contributed by atoms with Gasteiger partial charge in [-0.3, -0.25) is 4.79 Å². The highest BCUT2D eigenvalue weighted by molar-refractivity contribution is 5.77. The van der Waals surface area contributed by atoms with Gasteiger partial charge in [0, 0.05) is 0 Å². The molecule has 0 aromatic heterocycles. The molecule has 5 heteroatoms. The molecule has 1 aromatic rings. The molecule has 1 rings (SSSR count). The van der Waals surface area contributed by atoms with Gasteiger partial charge in [0.05, 0.1) is 0 Å². The van der Waals surface area contributed by atoms with Crippen molar-refractivity contribution in [2.45, 2.75) is 25.3 Å². The highest BCUT2D eigenvalue weighted by atomic mass is 16.4. The summed E-state index contributed by atoms with van der Waals surface area (Å²) < 4.78 is 0. The number of rotatable bonds is 4. The van der Waals surface area contributed by atoms with Crippen molar-refractivity contribution in [2.75, 3.05) is 0 Å². The number of phenolic OH excluding ortho intramolecular Hbond substituents is 2. The molecule has 1 unspecified atom stereocenters. The van der Waals surface area contributed by atoms with Crippen molar-refractivity contribution in [3.63, 3.8) is 0 Å². The van der Waals surface area contributed by atoms with Crippen LogP contribution in [0.4, 0.5) is 0 Å². The van der Waals surface area contributed by atoms with Gasteiger partial charge in [0.2, 0.25) is 0 Å². The van der Waals surface area contributed by atoms with Gasteiger partial charge in [0.15, 0.2) is 11.5 Å². The molecular weight excluding hydrogens is 210 g/mol. The summed E-state index contributed by atoms with van der Waals surface area (Å²) in [6.07, 6.45) is 0.680. The Morgan fingerprint density at radius 1 is 1.38 bits per heavy atom. The number of hydrogen-bond acceptors (Lipinski definition) is 4. The highest BCUT2D eigenvalue weighted by Crippen LogP contribution is 2.26. The Balaban J connectivity index is 2.68. The molecule has 0 heterocycles. The van der Waals surface area contributed by atoms with E-state index in [9.17, 15) is 9.90 Å². The van der Waals surface area contributed by atoms with E-state index >= 15 is 0 Å². The Morgan fingerprint density at radius 3 is 2.50 bits per heavy atom. The fourth-order valence-corrected chi connectivity index (χ4v) is 1.24. The van der Waals surface area contributed by atoms with Gasteiger partial charge in [-0.25, -0.2) is 0 Å². The van der Waals surface area contributed by atoms with Crippen LogP contribution in [0.1, 0.15) is 18.9 Å². The third-order valence-electron chi connectivity index (χ3n) is 2.46. The smallest absolute Gasteiger partial charge is 0.323 e. The lowest BCUT2D eigenvalue weighted by Gasteiger charge is -2.18. The van der Waals surface area contributed by atoms with Crippen molar-refractivity contribution < 1.29 is 20.1 Å². The zero-order valence-corrected chi connectivity index (χ0v) is 8.97. The number of phenols is 2. The zero-order chi connectivity index (χ0) is 12.3. The first-order chi connectivity index (χ1) is 7.33. The predicted molar refractivity (Wildman–Crippen MR) is 58.3 cm³/mol. The minimum Gasteiger partial charge on any atom is -0.504 e. The SMILES string of the molecule is CC(N)(CCc1ccc(O)c(O)c1)C(=O)O. The molecule has 1 aromatic carbocycles. The van der Waals surface area contributed by atoms with Crippen LogP contribution in [0.5, 0.6) is 11.5 Å². The van der Waals surface area contributed by atoms with Crippen LogP contribution in [-0.4, -0.2) is 26.8 Å². The van der Waals surface area contributed by atoms with E-state index in [0.717, 1.165) is 5.56 Å². The van der Waals surface area contributed by atoms with Gasteiger partial charge in [-0.1, -0.05) is 6.07 Å². The van der Waals surface area contributed by atoms with Gasteiger partial charge in [0.1, 0.15) is 5.54 Å². The summed E-state index contributed by atoms with van der Waals surface area (Å²) in [7, 11) is 0. The lowest BCUT2D eigenvalue weighted by molar-refractivity contribution is -0.142. The topological polar surface area (TPSA) is 104 Å². The molecule has 0 bridgehead atoms. The maximum atomic E-state index is 10.7. The number of carboxylic acid groups (broad SMARTS) is 1. The summed E-state index contributed by atoms with van der Waals surface area (Å²) in [5, 5.41) is 27.1. The molecule has 0 amide bonds. The first-order valence-corrected chi connectivity index (χ1v) is 4.86. The standard InChI is InChI=1S/C11H15NO4/c1-11(12,10(15)16)5-4-7-2-3-8(13)9(14)6-7/h2-3,6,13-14H,4-5,12H2,1H3,(H,15,16). The van der Waals surface area contributed by atoms with Crippen molar-refractivity contribution in [1.82, 2.24) is 0 Å². The number of hydrogen-bond donors (Lipinski definition) is 4. The number of nitrogens with two attached hydrogens (primary N) is 1. The molecule has 16 heavy (non-hydrogen) atoms. The van der Waals surface area contributed by atoms with Crippen LogP contribution in [0.3, 0.4) is 0 Å². The molecule has 0 radical (unpaired) electrons. The van der Waals surface area contributed by atoms with Crippen LogP contribution in [0, 0.1) is 0 Å². The Morgan fingerprint density at radius 2 is 2.00 bits per heavy atom. The third kappa shape index (κ3) is 2.87. The Labute approximate surface area is 93.1 Å². The monoisotopic (exact) mass is 225 g/mol. The first-order valence-electron chi connectivity index (χ1n) is 4.86. The molecule has 88 valence electrons. The quantitative estimate of drug-likeness (QED) is 0.568. The Kier molecular flexibility index (Phi) is 3.39.